The fourth-order valence-corrected chi connectivity index (χ4v) is 3.72. The second-order valence-corrected chi connectivity index (χ2v) is 6.79. The van der Waals surface area contributed by atoms with Crippen molar-refractivity contribution in [3.63, 3.8) is 0 Å². The van der Waals surface area contributed by atoms with Gasteiger partial charge in [-0.3, -0.25) is 9.71 Å². The first kappa shape index (κ1) is 15.1. The Hall–Kier alpha value is -1.31. The van der Waals surface area contributed by atoms with E-state index in [0.717, 1.165) is 0 Å². The molecule has 1 aromatic carbocycles. The predicted octanol–water partition coefficient (Wildman–Crippen LogP) is 3.34. The van der Waals surface area contributed by atoms with Crippen LogP contribution in [0.2, 0.25) is 5.02 Å². The van der Waals surface area contributed by atoms with Gasteiger partial charge in [-0.2, -0.15) is 0 Å². The number of sulfonamides is 1. The van der Waals surface area contributed by atoms with Crippen molar-refractivity contribution in [3.8, 4) is 0 Å². The average molecular weight is 377 g/mol. The highest BCUT2D eigenvalue weighted by Crippen LogP contribution is 2.29. The quantitative estimate of drug-likeness (QED) is 0.858. The molecule has 0 saturated heterocycles. The summed E-state index contributed by atoms with van der Waals surface area (Å²) in [6, 6.07) is 6.39. The standard InChI is InChI=1S/C12H11BrClN3O2S/c1-15-11-4-5-16-7-12(11)20(18,19)17-10-3-2-8(14)6-9(10)13/h2-7,17H,1H3,(H,15,16). The van der Waals surface area contributed by atoms with E-state index in [1.54, 1.807) is 31.3 Å². The minimum absolute atomic E-state index is 0.0735. The average Bonchev–Trinajstić information content (AvgIpc) is 2.42. The molecule has 0 atom stereocenters. The van der Waals surface area contributed by atoms with Crippen LogP contribution in [-0.4, -0.2) is 20.4 Å². The zero-order valence-corrected chi connectivity index (χ0v) is 13.6. The van der Waals surface area contributed by atoms with E-state index in [2.05, 4.69) is 31.0 Å². The number of aromatic nitrogens is 1. The van der Waals surface area contributed by atoms with Gasteiger partial charge in [0.25, 0.3) is 10.0 Å². The van der Waals surface area contributed by atoms with Crippen LogP contribution < -0.4 is 10.0 Å². The molecule has 20 heavy (non-hydrogen) atoms. The third kappa shape index (κ3) is 3.23. The molecule has 0 aliphatic carbocycles. The van der Waals surface area contributed by atoms with E-state index in [-0.39, 0.29) is 4.90 Å². The van der Waals surface area contributed by atoms with Crippen LogP contribution in [0.3, 0.4) is 0 Å². The zero-order valence-electron chi connectivity index (χ0n) is 10.4. The maximum Gasteiger partial charge on any atom is 0.265 e. The Kier molecular flexibility index (Phi) is 4.52. The van der Waals surface area contributed by atoms with Crippen molar-refractivity contribution in [2.45, 2.75) is 4.90 Å². The van der Waals surface area contributed by atoms with E-state index < -0.39 is 10.0 Å². The molecule has 106 valence electrons. The molecule has 0 radical (unpaired) electrons. The van der Waals surface area contributed by atoms with E-state index in [9.17, 15) is 8.42 Å². The molecule has 5 nitrogen and oxygen atoms in total. The second kappa shape index (κ2) is 5.99. The predicted molar refractivity (Wildman–Crippen MR) is 83.7 cm³/mol. The van der Waals surface area contributed by atoms with Gasteiger partial charge in [-0.15, -0.1) is 0 Å². The number of hydrogen-bond acceptors (Lipinski definition) is 4. The number of rotatable bonds is 4. The van der Waals surface area contributed by atoms with Gasteiger partial charge in [-0.25, -0.2) is 8.42 Å². The SMILES string of the molecule is CNc1ccncc1S(=O)(=O)Nc1ccc(Cl)cc1Br. The van der Waals surface area contributed by atoms with Crippen molar-refractivity contribution in [2.24, 2.45) is 0 Å². The fourth-order valence-electron chi connectivity index (χ4n) is 1.57. The van der Waals surface area contributed by atoms with Gasteiger partial charge in [0.15, 0.2) is 0 Å². The molecule has 2 aromatic rings. The Morgan fingerprint density at radius 2 is 2.00 bits per heavy atom. The van der Waals surface area contributed by atoms with Crippen molar-refractivity contribution in [1.82, 2.24) is 4.98 Å². The highest BCUT2D eigenvalue weighted by atomic mass is 79.9. The Morgan fingerprint density at radius 3 is 2.65 bits per heavy atom. The summed E-state index contributed by atoms with van der Waals surface area (Å²) in [5.41, 5.74) is 0.873. The molecule has 8 heteroatoms. The Morgan fingerprint density at radius 1 is 1.25 bits per heavy atom. The summed E-state index contributed by atoms with van der Waals surface area (Å²) in [6.07, 6.45) is 2.81. The van der Waals surface area contributed by atoms with Crippen LogP contribution in [0.1, 0.15) is 0 Å². The molecule has 0 bridgehead atoms. The maximum absolute atomic E-state index is 12.4. The van der Waals surface area contributed by atoms with Gasteiger partial charge in [-0.1, -0.05) is 11.6 Å². The number of nitrogens with zero attached hydrogens (tertiary/aromatic N) is 1. The third-order valence-electron chi connectivity index (χ3n) is 2.52. The lowest BCUT2D eigenvalue weighted by atomic mass is 10.3. The van der Waals surface area contributed by atoms with Crippen LogP contribution in [0, 0.1) is 0 Å². The summed E-state index contributed by atoms with van der Waals surface area (Å²) in [7, 11) is -2.09. The van der Waals surface area contributed by atoms with E-state index in [0.29, 0.717) is 20.9 Å². The minimum atomic E-state index is -3.74. The molecule has 2 rings (SSSR count). The number of halogens is 2. The Bertz CT molecular complexity index is 737. The molecule has 0 fully saturated rings. The van der Waals surface area contributed by atoms with Gasteiger partial charge in [0.1, 0.15) is 4.90 Å². The lowest BCUT2D eigenvalue weighted by Gasteiger charge is -2.12. The van der Waals surface area contributed by atoms with E-state index in [1.807, 2.05) is 0 Å². The van der Waals surface area contributed by atoms with Crippen molar-refractivity contribution < 1.29 is 8.42 Å². The highest BCUT2D eigenvalue weighted by Gasteiger charge is 2.19. The van der Waals surface area contributed by atoms with Gasteiger partial charge >= 0.3 is 0 Å². The van der Waals surface area contributed by atoms with Crippen LogP contribution in [0.15, 0.2) is 46.0 Å². The minimum Gasteiger partial charge on any atom is -0.387 e. The Balaban J connectivity index is 2.41. The van der Waals surface area contributed by atoms with Gasteiger partial charge in [-0.05, 0) is 40.2 Å². The number of hydrogen-bond donors (Lipinski definition) is 2. The van der Waals surface area contributed by atoms with Gasteiger partial charge < -0.3 is 5.32 Å². The molecular formula is C12H11BrClN3O2S. The second-order valence-electron chi connectivity index (χ2n) is 3.85. The first-order chi connectivity index (χ1) is 9.44. The molecule has 0 unspecified atom stereocenters. The zero-order chi connectivity index (χ0) is 14.8. The van der Waals surface area contributed by atoms with Crippen LogP contribution >= 0.6 is 27.5 Å². The molecule has 0 amide bonds. The normalized spacial score (nSPS) is 11.2. The number of nitrogens with one attached hydrogen (secondary N) is 2. The van der Waals surface area contributed by atoms with Gasteiger partial charge in [0.2, 0.25) is 0 Å². The number of benzene rings is 1. The van der Waals surface area contributed by atoms with E-state index in [1.165, 1.54) is 12.4 Å². The summed E-state index contributed by atoms with van der Waals surface area (Å²) in [5, 5.41) is 3.33. The summed E-state index contributed by atoms with van der Waals surface area (Å²) in [4.78, 5) is 3.92. The van der Waals surface area contributed by atoms with Crippen LogP contribution in [0.5, 0.6) is 0 Å². The third-order valence-corrected chi connectivity index (χ3v) is 4.80. The topological polar surface area (TPSA) is 71.1 Å². The van der Waals surface area contributed by atoms with Crippen molar-refractivity contribution >= 4 is 48.9 Å². The fraction of sp³-hybridized carbons (Fsp3) is 0.0833. The first-order valence-corrected chi connectivity index (χ1v) is 8.19. The summed E-state index contributed by atoms with van der Waals surface area (Å²) >= 11 is 9.09. The van der Waals surface area contributed by atoms with E-state index in [4.69, 9.17) is 11.6 Å². The lowest BCUT2D eigenvalue weighted by Crippen LogP contribution is -2.15. The van der Waals surface area contributed by atoms with Gasteiger partial charge in [0, 0.05) is 28.9 Å². The summed E-state index contributed by atoms with van der Waals surface area (Å²) in [5.74, 6) is 0. The lowest BCUT2D eigenvalue weighted by molar-refractivity contribution is 0.601. The molecule has 0 aliphatic heterocycles. The molecular weight excluding hydrogens is 366 g/mol. The molecule has 1 aromatic heterocycles. The smallest absolute Gasteiger partial charge is 0.265 e. The molecule has 1 heterocycles. The maximum atomic E-state index is 12.4. The van der Waals surface area contributed by atoms with Crippen molar-refractivity contribution in [3.05, 3.63) is 46.2 Å². The first-order valence-electron chi connectivity index (χ1n) is 5.53. The number of pyridine rings is 1. The molecule has 0 aliphatic rings. The molecule has 0 saturated carbocycles. The molecule has 2 N–H and O–H groups in total. The van der Waals surface area contributed by atoms with E-state index >= 15 is 0 Å². The largest absolute Gasteiger partial charge is 0.387 e. The van der Waals surface area contributed by atoms with Gasteiger partial charge in [0.05, 0.1) is 11.4 Å². The monoisotopic (exact) mass is 375 g/mol. The van der Waals surface area contributed by atoms with Crippen LogP contribution in [0.4, 0.5) is 11.4 Å². The van der Waals surface area contributed by atoms with Crippen LogP contribution in [-0.2, 0) is 10.0 Å². The van der Waals surface area contributed by atoms with Crippen molar-refractivity contribution in [2.75, 3.05) is 17.1 Å². The highest BCUT2D eigenvalue weighted by molar-refractivity contribution is 9.10. The van der Waals surface area contributed by atoms with Crippen molar-refractivity contribution in [1.29, 1.82) is 0 Å². The summed E-state index contributed by atoms with van der Waals surface area (Å²) in [6.45, 7) is 0. The summed E-state index contributed by atoms with van der Waals surface area (Å²) < 4.78 is 27.8. The molecule has 0 spiro atoms. The number of anilines is 2. The Labute approximate surface area is 130 Å². The van der Waals surface area contributed by atoms with Crippen LogP contribution in [0.25, 0.3) is 0 Å².